The molecule has 0 aliphatic heterocycles. The molecule has 0 unspecified atom stereocenters. The van der Waals surface area contributed by atoms with Crippen molar-refractivity contribution in [2.45, 2.75) is 39.7 Å². The predicted molar refractivity (Wildman–Crippen MR) is 72.8 cm³/mol. The monoisotopic (exact) mass is 253 g/mol. The van der Waals surface area contributed by atoms with Crippen LogP contribution in [0.15, 0.2) is 29.8 Å². The van der Waals surface area contributed by atoms with Crippen molar-refractivity contribution in [3.05, 3.63) is 41.0 Å². The molecule has 3 heteroatoms. The summed E-state index contributed by atoms with van der Waals surface area (Å²) in [5.41, 5.74) is 2.14. The van der Waals surface area contributed by atoms with Crippen molar-refractivity contribution in [1.82, 2.24) is 5.32 Å². The van der Waals surface area contributed by atoms with E-state index in [1.165, 1.54) is 11.6 Å². The molecular weight excluding hydrogens is 232 g/mol. The van der Waals surface area contributed by atoms with Gasteiger partial charge >= 0.3 is 0 Å². The maximum Gasteiger partial charge on any atom is 0.263 e. The predicted octanol–water partition coefficient (Wildman–Crippen LogP) is 4.42. The van der Waals surface area contributed by atoms with E-state index in [1.54, 1.807) is 12.1 Å². The molecule has 0 spiro atoms. The van der Waals surface area contributed by atoms with E-state index < -0.39 is 6.43 Å². The van der Waals surface area contributed by atoms with Crippen LogP contribution in [-0.2, 0) is 0 Å². The van der Waals surface area contributed by atoms with Crippen molar-refractivity contribution in [2.75, 3.05) is 6.54 Å². The van der Waals surface area contributed by atoms with Crippen molar-refractivity contribution < 1.29 is 8.78 Å². The highest BCUT2D eigenvalue weighted by Gasteiger charge is 2.06. The molecule has 0 aliphatic carbocycles. The first kappa shape index (κ1) is 14.8. The van der Waals surface area contributed by atoms with Crippen LogP contribution in [0.1, 0.15) is 44.7 Å². The van der Waals surface area contributed by atoms with Crippen LogP contribution in [0.25, 0.3) is 6.08 Å². The van der Waals surface area contributed by atoms with Gasteiger partial charge in [0, 0.05) is 18.2 Å². The molecular formula is C15H21F2N. The van der Waals surface area contributed by atoms with Crippen molar-refractivity contribution >= 4 is 6.08 Å². The fourth-order valence-electron chi connectivity index (χ4n) is 1.63. The minimum atomic E-state index is -2.41. The Hall–Kier alpha value is -1.22. The maximum absolute atomic E-state index is 12.6. The minimum absolute atomic E-state index is 0.0796. The topological polar surface area (TPSA) is 12.0 Å². The van der Waals surface area contributed by atoms with Crippen molar-refractivity contribution in [2.24, 2.45) is 0 Å². The summed E-state index contributed by atoms with van der Waals surface area (Å²) in [6.07, 6.45) is 0.497. The highest BCUT2D eigenvalue weighted by molar-refractivity contribution is 5.54. The third-order valence-corrected chi connectivity index (χ3v) is 2.72. The van der Waals surface area contributed by atoms with E-state index in [4.69, 9.17) is 0 Å². The number of halogens is 2. The van der Waals surface area contributed by atoms with Gasteiger partial charge in [0.25, 0.3) is 6.43 Å². The number of benzene rings is 1. The molecule has 0 radical (unpaired) electrons. The molecule has 1 nitrogen and oxygen atoms in total. The lowest BCUT2D eigenvalue weighted by atomic mass is 10.1. The Morgan fingerprint density at radius 2 is 2.06 bits per heavy atom. The van der Waals surface area contributed by atoms with Gasteiger partial charge in [0.05, 0.1) is 0 Å². The van der Waals surface area contributed by atoms with Crippen LogP contribution >= 0.6 is 0 Å². The van der Waals surface area contributed by atoms with Crippen LogP contribution in [0.3, 0.4) is 0 Å². The van der Waals surface area contributed by atoms with Gasteiger partial charge in [0.2, 0.25) is 0 Å². The standard InChI is InChI=1S/C15H21F2N/c1-4-12(10-18-11(2)3)8-13-6-5-7-14(9-13)15(16)17/h5-9,11,15,18H,4,10H2,1-3H3/b12-8-. The van der Waals surface area contributed by atoms with Gasteiger partial charge in [0.15, 0.2) is 0 Å². The zero-order valence-electron chi connectivity index (χ0n) is 11.2. The van der Waals surface area contributed by atoms with Crippen molar-refractivity contribution in [3.8, 4) is 0 Å². The second-order valence-electron chi connectivity index (χ2n) is 4.66. The Balaban J connectivity index is 2.81. The summed E-state index contributed by atoms with van der Waals surface area (Å²) in [5, 5.41) is 3.34. The average Bonchev–Trinajstić information content (AvgIpc) is 2.34. The Bertz CT molecular complexity index is 397. The lowest BCUT2D eigenvalue weighted by Gasteiger charge is -2.10. The molecule has 0 atom stereocenters. The van der Waals surface area contributed by atoms with Crippen LogP contribution in [0, 0.1) is 0 Å². The fraction of sp³-hybridized carbons (Fsp3) is 0.467. The van der Waals surface area contributed by atoms with Gasteiger partial charge in [-0.05, 0) is 18.1 Å². The zero-order chi connectivity index (χ0) is 13.5. The highest BCUT2D eigenvalue weighted by Crippen LogP contribution is 2.20. The van der Waals surface area contributed by atoms with Crippen LogP contribution in [0.5, 0.6) is 0 Å². The third-order valence-electron chi connectivity index (χ3n) is 2.72. The van der Waals surface area contributed by atoms with Gasteiger partial charge < -0.3 is 5.32 Å². The van der Waals surface area contributed by atoms with E-state index in [1.807, 2.05) is 12.1 Å². The quantitative estimate of drug-likeness (QED) is 0.791. The first-order chi connectivity index (χ1) is 8.52. The average molecular weight is 253 g/mol. The fourth-order valence-corrected chi connectivity index (χ4v) is 1.63. The lowest BCUT2D eigenvalue weighted by molar-refractivity contribution is 0.151. The molecule has 1 aromatic rings. The molecule has 0 bridgehead atoms. The van der Waals surface area contributed by atoms with Crippen LogP contribution < -0.4 is 5.32 Å². The van der Waals surface area contributed by atoms with Gasteiger partial charge in [-0.1, -0.05) is 50.6 Å². The van der Waals surface area contributed by atoms with Gasteiger partial charge in [-0.15, -0.1) is 0 Å². The second-order valence-corrected chi connectivity index (χ2v) is 4.66. The molecule has 0 heterocycles. The largest absolute Gasteiger partial charge is 0.311 e. The van der Waals surface area contributed by atoms with E-state index in [0.717, 1.165) is 18.5 Å². The van der Waals surface area contributed by atoms with Crippen LogP contribution in [0.2, 0.25) is 0 Å². The lowest BCUT2D eigenvalue weighted by Crippen LogP contribution is -2.24. The Kier molecular flexibility index (Phi) is 5.99. The summed E-state index contributed by atoms with van der Waals surface area (Å²) in [7, 11) is 0. The Morgan fingerprint density at radius 1 is 1.33 bits per heavy atom. The molecule has 0 saturated heterocycles. The van der Waals surface area contributed by atoms with E-state index in [-0.39, 0.29) is 5.56 Å². The number of hydrogen-bond acceptors (Lipinski definition) is 1. The number of hydrogen-bond donors (Lipinski definition) is 1. The number of alkyl halides is 2. The first-order valence-corrected chi connectivity index (χ1v) is 6.33. The molecule has 1 N–H and O–H groups in total. The molecule has 0 aromatic heterocycles. The second kappa shape index (κ2) is 7.27. The Labute approximate surface area is 108 Å². The summed E-state index contributed by atoms with van der Waals surface area (Å²) < 4.78 is 25.2. The van der Waals surface area contributed by atoms with Gasteiger partial charge in [-0.2, -0.15) is 0 Å². The molecule has 1 rings (SSSR count). The van der Waals surface area contributed by atoms with Crippen molar-refractivity contribution in [3.63, 3.8) is 0 Å². The third kappa shape index (κ3) is 4.96. The van der Waals surface area contributed by atoms with Crippen LogP contribution in [0.4, 0.5) is 8.78 Å². The molecule has 1 aromatic carbocycles. The maximum atomic E-state index is 12.6. The molecule has 100 valence electrons. The summed E-state index contributed by atoms with van der Waals surface area (Å²) >= 11 is 0. The molecule has 0 aliphatic rings. The summed E-state index contributed by atoms with van der Waals surface area (Å²) in [5.74, 6) is 0. The van der Waals surface area contributed by atoms with Crippen molar-refractivity contribution in [1.29, 1.82) is 0 Å². The Morgan fingerprint density at radius 3 is 2.61 bits per heavy atom. The van der Waals surface area contributed by atoms with E-state index in [2.05, 4.69) is 26.1 Å². The van der Waals surface area contributed by atoms with E-state index >= 15 is 0 Å². The molecule has 0 amide bonds. The van der Waals surface area contributed by atoms with Gasteiger partial charge in [0.1, 0.15) is 0 Å². The van der Waals surface area contributed by atoms with E-state index in [0.29, 0.717) is 6.04 Å². The van der Waals surface area contributed by atoms with Gasteiger partial charge in [-0.25, -0.2) is 8.78 Å². The molecule has 0 saturated carbocycles. The number of rotatable bonds is 6. The smallest absolute Gasteiger partial charge is 0.263 e. The summed E-state index contributed by atoms with van der Waals surface area (Å²) in [6, 6.07) is 6.97. The summed E-state index contributed by atoms with van der Waals surface area (Å²) in [6.45, 7) is 7.05. The van der Waals surface area contributed by atoms with Gasteiger partial charge in [-0.3, -0.25) is 0 Å². The molecule has 0 fully saturated rings. The highest BCUT2D eigenvalue weighted by atomic mass is 19.3. The summed E-state index contributed by atoms with van der Waals surface area (Å²) in [4.78, 5) is 0. The zero-order valence-corrected chi connectivity index (χ0v) is 11.2. The van der Waals surface area contributed by atoms with Crippen LogP contribution in [-0.4, -0.2) is 12.6 Å². The normalized spacial score (nSPS) is 12.5. The molecule has 18 heavy (non-hydrogen) atoms. The minimum Gasteiger partial charge on any atom is -0.311 e. The number of nitrogens with one attached hydrogen (secondary N) is 1. The SMILES string of the molecule is CC/C(=C/c1cccc(C(F)F)c1)CNC(C)C. The first-order valence-electron chi connectivity index (χ1n) is 6.33. The van der Waals surface area contributed by atoms with E-state index in [9.17, 15) is 8.78 Å².